The third-order valence-electron chi connectivity index (χ3n) is 4.42. The van der Waals surface area contributed by atoms with Gasteiger partial charge in [0, 0.05) is 62.8 Å². The molecule has 2 aromatic heterocycles. The summed E-state index contributed by atoms with van der Waals surface area (Å²) >= 11 is 1.79. The van der Waals surface area contributed by atoms with Crippen molar-refractivity contribution in [3.05, 3.63) is 52.0 Å². The lowest BCUT2D eigenvalue weighted by molar-refractivity contribution is -0.131. The number of nitrogens with zero attached hydrogens (tertiary/aromatic N) is 3. The van der Waals surface area contributed by atoms with Gasteiger partial charge in [-0.05, 0) is 35.6 Å². The van der Waals surface area contributed by atoms with E-state index in [1.807, 2.05) is 23.1 Å². The average Bonchev–Trinajstić information content (AvgIpc) is 3.15. The number of fused-ring (bicyclic) bond motifs is 1. The molecule has 146 valence electrons. The zero-order valence-corrected chi connectivity index (χ0v) is 18.6. The van der Waals surface area contributed by atoms with Crippen LogP contribution in [0.1, 0.15) is 22.6 Å². The van der Waals surface area contributed by atoms with Crippen molar-refractivity contribution in [1.82, 2.24) is 20.5 Å². The first kappa shape index (κ1) is 21.6. The van der Waals surface area contributed by atoms with Gasteiger partial charge >= 0.3 is 0 Å². The van der Waals surface area contributed by atoms with E-state index in [-0.39, 0.29) is 29.9 Å². The molecule has 0 unspecified atom stereocenters. The zero-order chi connectivity index (χ0) is 18.2. The molecule has 0 spiro atoms. The fraction of sp³-hybridized carbons (Fsp3) is 0.421. The van der Waals surface area contributed by atoms with Gasteiger partial charge in [0.15, 0.2) is 5.96 Å². The molecule has 2 aromatic rings. The molecule has 0 aliphatic carbocycles. The summed E-state index contributed by atoms with van der Waals surface area (Å²) in [6.45, 7) is 2.89. The molecule has 0 bridgehead atoms. The summed E-state index contributed by atoms with van der Waals surface area (Å²) in [7, 11) is 1.74. The number of nitrogens with one attached hydrogen (secondary N) is 2. The number of pyridine rings is 1. The Balaban J connectivity index is 0.00000261. The second-order valence-corrected chi connectivity index (χ2v) is 7.18. The lowest BCUT2D eigenvalue weighted by atomic mass is 10.1. The summed E-state index contributed by atoms with van der Waals surface area (Å²) in [5.74, 6) is 0.908. The highest BCUT2D eigenvalue weighted by molar-refractivity contribution is 14.0. The highest BCUT2D eigenvalue weighted by Crippen LogP contribution is 2.24. The van der Waals surface area contributed by atoms with Crippen molar-refractivity contribution in [2.45, 2.75) is 25.8 Å². The van der Waals surface area contributed by atoms with Gasteiger partial charge in [-0.25, -0.2) is 0 Å². The first-order valence-electron chi connectivity index (χ1n) is 8.93. The summed E-state index contributed by atoms with van der Waals surface area (Å²) in [5, 5.41) is 8.58. The van der Waals surface area contributed by atoms with Crippen molar-refractivity contribution >= 4 is 47.2 Å². The molecule has 0 fully saturated rings. The highest BCUT2D eigenvalue weighted by atomic mass is 127. The normalized spacial score (nSPS) is 13.5. The molecular formula is C19H26IN5OS. The Morgan fingerprint density at radius 2 is 2.15 bits per heavy atom. The second kappa shape index (κ2) is 11.2. The van der Waals surface area contributed by atoms with Gasteiger partial charge in [0.25, 0.3) is 0 Å². The number of amides is 1. The van der Waals surface area contributed by atoms with Gasteiger partial charge in [-0.1, -0.05) is 6.07 Å². The van der Waals surface area contributed by atoms with Crippen molar-refractivity contribution in [3.8, 4) is 0 Å². The highest BCUT2D eigenvalue weighted by Gasteiger charge is 2.20. The number of halogens is 1. The van der Waals surface area contributed by atoms with Crippen LogP contribution in [0.4, 0.5) is 0 Å². The van der Waals surface area contributed by atoms with Crippen LogP contribution in [-0.4, -0.2) is 48.4 Å². The number of guanidine groups is 1. The maximum absolute atomic E-state index is 12.4. The van der Waals surface area contributed by atoms with Crippen LogP contribution in [0.3, 0.4) is 0 Å². The molecule has 27 heavy (non-hydrogen) atoms. The van der Waals surface area contributed by atoms with E-state index >= 15 is 0 Å². The van der Waals surface area contributed by atoms with E-state index in [0.717, 1.165) is 38.2 Å². The number of carbonyl (C=O) groups is 1. The number of thiophene rings is 1. The van der Waals surface area contributed by atoms with Crippen LogP contribution in [0.2, 0.25) is 0 Å². The largest absolute Gasteiger partial charge is 0.356 e. The molecule has 1 aliphatic heterocycles. The lowest BCUT2D eigenvalue weighted by Gasteiger charge is -2.27. The third kappa shape index (κ3) is 6.46. The van der Waals surface area contributed by atoms with Crippen molar-refractivity contribution in [2.24, 2.45) is 4.99 Å². The van der Waals surface area contributed by atoms with E-state index in [1.165, 1.54) is 10.4 Å². The van der Waals surface area contributed by atoms with Gasteiger partial charge in [0.05, 0.1) is 0 Å². The minimum atomic E-state index is 0. The number of rotatable bonds is 6. The minimum Gasteiger partial charge on any atom is -0.356 e. The predicted octanol–water partition coefficient (Wildman–Crippen LogP) is 2.44. The molecule has 1 amide bonds. The molecule has 2 N–H and O–H groups in total. The van der Waals surface area contributed by atoms with Crippen molar-refractivity contribution in [3.63, 3.8) is 0 Å². The Bertz CT molecular complexity index is 750. The van der Waals surface area contributed by atoms with Gasteiger partial charge in [-0.15, -0.1) is 35.3 Å². The maximum Gasteiger partial charge on any atom is 0.224 e. The predicted molar refractivity (Wildman–Crippen MR) is 121 cm³/mol. The van der Waals surface area contributed by atoms with Gasteiger partial charge in [0.2, 0.25) is 5.91 Å². The SMILES string of the molecule is CN=C(NCCC(=O)N1CCc2sccc2C1)NCCc1ccccn1.I. The van der Waals surface area contributed by atoms with Crippen molar-refractivity contribution in [2.75, 3.05) is 26.7 Å². The first-order valence-corrected chi connectivity index (χ1v) is 9.81. The van der Waals surface area contributed by atoms with E-state index in [0.29, 0.717) is 18.9 Å². The fourth-order valence-electron chi connectivity index (χ4n) is 2.98. The molecule has 0 saturated carbocycles. The summed E-state index contributed by atoms with van der Waals surface area (Å²) in [5.41, 5.74) is 2.35. The first-order chi connectivity index (χ1) is 12.8. The second-order valence-electron chi connectivity index (χ2n) is 6.18. The number of carbonyl (C=O) groups excluding carboxylic acids is 1. The van der Waals surface area contributed by atoms with Gasteiger partial charge in [-0.3, -0.25) is 14.8 Å². The van der Waals surface area contributed by atoms with Crippen LogP contribution in [0.15, 0.2) is 40.8 Å². The van der Waals surface area contributed by atoms with Crippen LogP contribution in [0.25, 0.3) is 0 Å². The molecular weight excluding hydrogens is 473 g/mol. The molecule has 8 heteroatoms. The average molecular weight is 499 g/mol. The van der Waals surface area contributed by atoms with E-state index in [9.17, 15) is 4.79 Å². The Morgan fingerprint density at radius 1 is 1.30 bits per heavy atom. The summed E-state index contributed by atoms with van der Waals surface area (Å²) in [6.07, 6.45) is 4.08. The summed E-state index contributed by atoms with van der Waals surface area (Å²) in [4.78, 5) is 24.3. The quantitative estimate of drug-likeness (QED) is 0.364. The molecule has 3 rings (SSSR count). The minimum absolute atomic E-state index is 0. The third-order valence-corrected chi connectivity index (χ3v) is 5.44. The van der Waals surface area contributed by atoms with E-state index in [1.54, 1.807) is 24.6 Å². The van der Waals surface area contributed by atoms with E-state index < -0.39 is 0 Å². The Hall–Kier alpha value is -1.68. The fourth-order valence-corrected chi connectivity index (χ4v) is 3.87. The van der Waals surface area contributed by atoms with Crippen LogP contribution < -0.4 is 10.6 Å². The Labute approximate surface area is 181 Å². The van der Waals surface area contributed by atoms with Crippen LogP contribution in [0.5, 0.6) is 0 Å². The molecule has 0 aromatic carbocycles. The lowest BCUT2D eigenvalue weighted by Crippen LogP contribution is -2.41. The van der Waals surface area contributed by atoms with Crippen LogP contribution >= 0.6 is 35.3 Å². The number of aliphatic imine (C=N–C) groups is 1. The van der Waals surface area contributed by atoms with E-state index in [2.05, 4.69) is 32.1 Å². The Kier molecular flexibility index (Phi) is 8.99. The number of hydrogen-bond acceptors (Lipinski definition) is 4. The molecule has 6 nitrogen and oxygen atoms in total. The van der Waals surface area contributed by atoms with Gasteiger partial charge in [0.1, 0.15) is 0 Å². The Morgan fingerprint density at radius 3 is 2.93 bits per heavy atom. The summed E-state index contributed by atoms with van der Waals surface area (Å²) < 4.78 is 0. The monoisotopic (exact) mass is 499 g/mol. The van der Waals surface area contributed by atoms with E-state index in [4.69, 9.17) is 0 Å². The van der Waals surface area contributed by atoms with Crippen LogP contribution in [-0.2, 0) is 24.2 Å². The van der Waals surface area contributed by atoms with Crippen molar-refractivity contribution in [1.29, 1.82) is 0 Å². The van der Waals surface area contributed by atoms with Gasteiger partial charge in [-0.2, -0.15) is 0 Å². The molecule has 0 atom stereocenters. The molecule has 0 radical (unpaired) electrons. The van der Waals surface area contributed by atoms with Crippen molar-refractivity contribution < 1.29 is 4.79 Å². The molecule has 1 aliphatic rings. The topological polar surface area (TPSA) is 69.6 Å². The van der Waals surface area contributed by atoms with Gasteiger partial charge < -0.3 is 15.5 Å². The smallest absolute Gasteiger partial charge is 0.224 e. The van der Waals surface area contributed by atoms with Crippen LogP contribution in [0, 0.1) is 0 Å². The zero-order valence-electron chi connectivity index (χ0n) is 15.5. The number of aromatic nitrogens is 1. The maximum atomic E-state index is 12.4. The molecule has 3 heterocycles. The summed E-state index contributed by atoms with van der Waals surface area (Å²) in [6, 6.07) is 8.04. The number of hydrogen-bond donors (Lipinski definition) is 2. The molecule has 0 saturated heterocycles. The standard InChI is InChI=1S/C19H25N5OS.HI/c1-20-19(22-10-5-16-4-2-3-9-21-16)23-11-6-18(25)24-12-7-17-15(14-24)8-13-26-17;/h2-4,8-9,13H,5-7,10-12,14H2,1H3,(H2,20,22,23);1H.